The highest BCUT2D eigenvalue weighted by molar-refractivity contribution is 7.10. The molecule has 4 rings (SSSR count). The van der Waals surface area contributed by atoms with Crippen LogP contribution in [0.3, 0.4) is 0 Å². The van der Waals surface area contributed by atoms with Crippen LogP contribution in [0.1, 0.15) is 30.2 Å². The largest absolute Gasteiger partial charge is 0.419 e. The van der Waals surface area contributed by atoms with Crippen LogP contribution < -0.4 is 5.76 Å². The Morgan fingerprint density at radius 2 is 2.12 bits per heavy atom. The first-order valence-electron chi connectivity index (χ1n) is 8.15. The summed E-state index contributed by atoms with van der Waals surface area (Å²) in [5, 5.41) is 2.05. The number of oxazole rings is 1. The Hall–Kier alpha value is -2.34. The summed E-state index contributed by atoms with van der Waals surface area (Å²) in [6, 6.07) is 11.6. The fraction of sp³-hybridized carbons (Fsp3) is 0.333. The van der Waals surface area contributed by atoms with Gasteiger partial charge < -0.3 is 9.32 Å². The summed E-state index contributed by atoms with van der Waals surface area (Å²) in [4.78, 5) is 27.9. The standard InChI is InChI=1S/C18H18N2O3S/c21-17(19-10-3-6-14(19)16-8-4-12-24-16)9-11-20-13-5-1-2-7-15(13)23-18(20)22/h1-2,4-5,7-8,12,14H,3,6,9-11H2/t14-/m0/s1. The molecule has 5 nitrogen and oxygen atoms in total. The van der Waals surface area contributed by atoms with Crippen molar-refractivity contribution < 1.29 is 9.21 Å². The van der Waals surface area contributed by atoms with Gasteiger partial charge in [0.15, 0.2) is 5.58 Å². The van der Waals surface area contributed by atoms with Gasteiger partial charge in [0.05, 0.1) is 11.6 Å². The van der Waals surface area contributed by atoms with Crippen LogP contribution in [-0.4, -0.2) is 21.9 Å². The predicted octanol–water partition coefficient (Wildman–Crippen LogP) is 3.41. The van der Waals surface area contributed by atoms with E-state index in [1.165, 1.54) is 4.88 Å². The number of aryl methyl sites for hydroxylation is 1. The molecule has 124 valence electrons. The number of nitrogens with zero attached hydrogens (tertiary/aromatic N) is 2. The van der Waals surface area contributed by atoms with Crippen LogP contribution >= 0.6 is 11.3 Å². The normalized spacial score (nSPS) is 17.7. The van der Waals surface area contributed by atoms with E-state index in [1.807, 2.05) is 34.5 Å². The number of likely N-dealkylation sites (tertiary alicyclic amines) is 1. The lowest BCUT2D eigenvalue weighted by molar-refractivity contribution is -0.132. The van der Waals surface area contributed by atoms with Crippen LogP contribution in [-0.2, 0) is 11.3 Å². The molecule has 2 aromatic heterocycles. The average Bonchev–Trinajstić information content (AvgIpc) is 3.31. The third kappa shape index (κ3) is 2.67. The number of fused-ring (bicyclic) bond motifs is 1. The molecule has 0 spiro atoms. The van der Waals surface area contributed by atoms with Crippen molar-refractivity contribution in [3.8, 4) is 0 Å². The van der Waals surface area contributed by atoms with Crippen LogP contribution in [0.2, 0.25) is 0 Å². The number of hydrogen-bond acceptors (Lipinski definition) is 4. The zero-order chi connectivity index (χ0) is 16.5. The molecule has 0 radical (unpaired) electrons. The molecular weight excluding hydrogens is 324 g/mol. The fourth-order valence-electron chi connectivity index (χ4n) is 3.42. The topological polar surface area (TPSA) is 55.5 Å². The van der Waals surface area contributed by atoms with Gasteiger partial charge in [0.25, 0.3) is 0 Å². The summed E-state index contributed by atoms with van der Waals surface area (Å²) in [6.45, 7) is 1.14. The molecule has 3 heterocycles. The van der Waals surface area contributed by atoms with Crippen LogP contribution in [0.25, 0.3) is 11.1 Å². The highest BCUT2D eigenvalue weighted by Crippen LogP contribution is 2.34. The smallest absolute Gasteiger partial charge is 0.408 e. The minimum Gasteiger partial charge on any atom is -0.408 e. The Morgan fingerprint density at radius 1 is 1.25 bits per heavy atom. The lowest BCUT2D eigenvalue weighted by Gasteiger charge is -2.24. The number of benzene rings is 1. The molecule has 1 atom stereocenters. The van der Waals surface area contributed by atoms with Crippen molar-refractivity contribution in [2.24, 2.45) is 0 Å². The molecular formula is C18H18N2O3S. The molecule has 3 aromatic rings. The van der Waals surface area contributed by atoms with Gasteiger partial charge in [-0.15, -0.1) is 11.3 Å². The van der Waals surface area contributed by atoms with E-state index in [4.69, 9.17) is 4.42 Å². The van der Waals surface area contributed by atoms with Crippen molar-refractivity contribution in [2.45, 2.75) is 31.8 Å². The lowest BCUT2D eigenvalue weighted by atomic mass is 10.2. The highest BCUT2D eigenvalue weighted by Gasteiger charge is 2.30. The van der Waals surface area contributed by atoms with E-state index in [1.54, 1.807) is 22.0 Å². The maximum absolute atomic E-state index is 12.7. The van der Waals surface area contributed by atoms with Crippen LogP contribution in [0.5, 0.6) is 0 Å². The molecule has 0 saturated carbocycles. The Bertz CT molecular complexity index is 910. The molecule has 1 saturated heterocycles. The monoisotopic (exact) mass is 342 g/mol. The van der Waals surface area contributed by atoms with Gasteiger partial charge in [-0.3, -0.25) is 9.36 Å². The fourth-order valence-corrected chi connectivity index (χ4v) is 4.29. The second-order valence-corrected chi connectivity index (χ2v) is 6.98. The van der Waals surface area contributed by atoms with Gasteiger partial charge in [-0.2, -0.15) is 0 Å². The molecule has 0 aliphatic carbocycles. The Balaban J connectivity index is 1.50. The predicted molar refractivity (Wildman–Crippen MR) is 93.1 cm³/mol. The number of carbonyl (C=O) groups excluding carboxylic acids is 1. The van der Waals surface area contributed by atoms with Crippen molar-refractivity contribution in [2.75, 3.05) is 6.54 Å². The van der Waals surface area contributed by atoms with Crippen molar-refractivity contribution >= 4 is 28.3 Å². The number of carbonyl (C=O) groups is 1. The van der Waals surface area contributed by atoms with E-state index >= 15 is 0 Å². The summed E-state index contributed by atoms with van der Waals surface area (Å²) >= 11 is 1.70. The maximum atomic E-state index is 12.7. The molecule has 1 aromatic carbocycles. The van der Waals surface area contributed by atoms with E-state index in [2.05, 4.69) is 6.07 Å². The molecule has 1 fully saturated rings. The van der Waals surface area contributed by atoms with Gasteiger partial charge in [-0.05, 0) is 36.4 Å². The molecule has 6 heteroatoms. The average molecular weight is 342 g/mol. The number of thiophene rings is 1. The van der Waals surface area contributed by atoms with E-state index in [9.17, 15) is 9.59 Å². The second kappa shape index (κ2) is 6.28. The first kappa shape index (κ1) is 15.2. The van der Waals surface area contributed by atoms with E-state index in [0.29, 0.717) is 18.5 Å². The van der Waals surface area contributed by atoms with Crippen LogP contribution in [0, 0.1) is 0 Å². The number of para-hydroxylation sites is 2. The molecule has 1 aliphatic rings. The van der Waals surface area contributed by atoms with Crippen molar-refractivity contribution in [1.29, 1.82) is 0 Å². The minimum atomic E-state index is -0.403. The number of amides is 1. The maximum Gasteiger partial charge on any atom is 0.419 e. The second-order valence-electron chi connectivity index (χ2n) is 6.00. The molecule has 24 heavy (non-hydrogen) atoms. The molecule has 1 amide bonds. The van der Waals surface area contributed by atoms with E-state index < -0.39 is 5.76 Å². The first-order valence-corrected chi connectivity index (χ1v) is 9.03. The number of rotatable bonds is 4. The molecule has 0 unspecified atom stereocenters. The Kier molecular flexibility index (Phi) is 3.98. The van der Waals surface area contributed by atoms with Crippen molar-refractivity contribution in [1.82, 2.24) is 9.47 Å². The van der Waals surface area contributed by atoms with Gasteiger partial charge in [-0.1, -0.05) is 18.2 Å². The van der Waals surface area contributed by atoms with Crippen molar-refractivity contribution in [3.05, 3.63) is 57.2 Å². The van der Waals surface area contributed by atoms with Crippen molar-refractivity contribution in [3.63, 3.8) is 0 Å². The number of aromatic nitrogens is 1. The summed E-state index contributed by atoms with van der Waals surface area (Å²) in [5.74, 6) is -0.302. The van der Waals surface area contributed by atoms with Gasteiger partial charge in [0.2, 0.25) is 5.91 Å². The zero-order valence-corrected chi connectivity index (χ0v) is 14.0. The zero-order valence-electron chi connectivity index (χ0n) is 13.2. The van der Waals surface area contributed by atoms with Gasteiger partial charge >= 0.3 is 5.76 Å². The first-order chi connectivity index (χ1) is 11.7. The lowest BCUT2D eigenvalue weighted by Crippen LogP contribution is -2.31. The summed E-state index contributed by atoms with van der Waals surface area (Å²) in [6.07, 6.45) is 2.36. The van der Waals surface area contributed by atoms with Crippen LogP contribution in [0.4, 0.5) is 0 Å². The Labute approximate surface area is 143 Å². The minimum absolute atomic E-state index is 0.100. The summed E-state index contributed by atoms with van der Waals surface area (Å²) in [5.41, 5.74) is 1.30. The molecule has 0 bridgehead atoms. The number of hydrogen-bond donors (Lipinski definition) is 0. The van der Waals surface area contributed by atoms with Gasteiger partial charge in [-0.25, -0.2) is 4.79 Å². The third-order valence-electron chi connectivity index (χ3n) is 4.57. The Morgan fingerprint density at radius 3 is 2.96 bits per heavy atom. The molecule has 1 aliphatic heterocycles. The van der Waals surface area contributed by atoms with E-state index in [-0.39, 0.29) is 11.9 Å². The summed E-state index contributed by atoms with van der Waals surface area (Å²) in [7, 11) is 0. The van der Waals surface area contributed by atoms with E-state index in [0.717, 1.165) is 24.9 Å². The third-order valence-corrected chi connectivity index (χ3v) is 5.54. The quantitative estimate of drug-likeness (QED) is 0.730. The van der Waals surface area contributed by atoms with Crippen LogP contribution in [0.15, 0.2) is 51.0 Å². The molecule has 0 N–H and O–H groups in total. The van der Waals surface area contributed by atoms with Gasteiger partial charge in [0.1, 0.15) is 0 Å². The highest BCUT2D eigenvalue weighted by atomic mass is 32.1. The SMILES string of the molecule is O=C(CCn1c(=O)oc2ccccc21)N1CCC[C@H]1c1cccs1. The van der Waals surface area contributed by atoms with Gasteiger partial charge in [0, 0.05) is 24.4 Å². The summed E-state index contributed by atoms with van der Waals surface area (Å²) < 4.78 is 6.77.